The largest absolute Gasteiger partial charge is 0.508 e. The van der Waals surface area contributed by atoms with E-state index in [1.54, 1.807) is 6.07 Å². The zero-order valence-electron chi connectivity index (χ0n) is 9.97. The molecular weight excluding hydrogens is 412 g/mol. The average Bonchev–Trinajstić information content (AvgIpc) is 2.25. The van der Waals surface area contributed by atoms with E-state index in [0.29, 0.717) is 8.95 Å². The van der Waals surface area contributed by atoms with Gasteiger partial charge in [-0.2, -0.15) is 0 Å². The number of benzene rings is 2. The summed E-state index contributed by atoms with van der Waals surface area (Å²) in [7, 11) is -3.86. The van der Waals surface area contributed by atoms with Gasteiger partial charge >= 0.3 is 0 Å². The van der Waals surface area contributed by atoms with Crippen LogP contribution in [0.4, 0.5) is 11.4 Å². The smallest absolute Gasteiger partial charge is 0.265 e. The number of hydrogen-bond acceptors (Lipinski definition) is 4. The number of anilines is 2. The first-order valence-electron chi connectivity index (χ1n) is 5.36. The fraction of sp³-hybridized carbons (Fsp3) is 0. The van der Waals surface area contributed by atoms with Gasteiger partial charge in [-0.25, -0.2) is 8.42 Å². The van der Waals surface area contributed by atoms with Gasteiger partial charge in [-0.1, -0.05) is 22.0 Å². The van der Waals surface area contributed by atoms with Crippen molar-refractivity contribution in [3.63, 3.8) is 0 Å². The average molecular weight is 422 g/mol. The lowest BCUT2D eigenvalue weighted by molar-refractivity contribution is 0.475. The Hall–Kier alpha value is -1.25. The second-order valence-corrected chi connectivity index (χ2v) is 7.35. The Balaban J connectivity index is 2.46. The summed E-state index contributed by atoms with van der Waals surface area (Å²) in [6.07, 6.45) is 0. The van der Waals surface area contributed by atoms with E-state index in [-0.39, 0.29) is 22.0 Å². The molecule has 0 fully saturated rings. The Kier molecular flexibility index (Phi) is 4.26. The maximum Gasteiger partial charge on any atom is 0.265 e. The Morgan fingerprint density at radius 2 is 1.85 bits per heavy atom. The van der Waals surface area contributed by atoms with Crippen molar-refractivity contribution in [1.82, 2.24) is 0 Å². The molecule has 8 heteroatoms. The Labute approximate surface area is 133 Å². The van der Waals surface area contributed by atoms with Crippen LogP contribution >= 0.6 is 31.9 Å². The van der Waals surface area contributed by atoms with Crippen molar-refractivity contribution in [2.45, 2.75) is 4.90 Å². The van der Waals surface area contributed by atoms with Crippen molar-refractivity contribution < 1.29 is 13.5 Å². The molecule has 0 aliphatic carbocycles. The van der Waals surface area contributed by atoms with Gasteiger partial charge in [0.2, 0.25) is 0 Å². The zero-order chi connectivity index (χ0) is 14.9. The lowest BCUT2D eigenvalue weighted by atomic mass is 10.3. The minimum absolute atomic E-state index is 0.0342. The molecule has 0 atom stereocenters. The molecule has 20 heavy (non-hydrogen) atoms. The maximum absolute atomic E-state index is 12.3. The summed E-state index contributed by atoms with van der Waals surface area (Å²) in [5.74, 6) is -0.0342. The van der Waals surface area contributed by atoms with E-state index < -0.39 is 10.0 Å². The van der Waals surface area contributed by atoms with Gasteiger partial charge in [0, 0.05) is 15.0 Å². The Bertz CT molecular complexity index is 740. The van der Waals surface area contributed by atoms with Gasteiger partial charge in [-0.05, 0) is 40.2 Å². The molecule has 106 valence electrons. The number of rotatable bonds is 3. The van der Waals surface area contributed by atoms with Crippen LogP contribution in [0, 0.1) is 0 Å². The van der Waals surface area contributed by atoms with Gasteiger partial charge < -0.3 is 10.8 Å². The first-order valence-corrected chi connectivity index (χ1v) is 8.43. The summed E-state index contributed by atoms with van der Waals surface area (Å²) in [6.45, 7) is 0. The normalized spacial score (nSPS) is 11.3. The van der Waals surface area contributed by atoms with Crippen LogP contribution in [0.2, 0.25) is 0 Å². The molecule has 0 aliphatic heterocycles. The van der Waals surface area contributed by atoms with E-state index in [9.17, 15) is 13.5 Å². The van der Waals surface area contributed by atoms with E-state index in [2.05, 4.69) is 36.6 Å². The molecule has 0 heterocycles. The van der Waals surface area contributed by atoms with Crippen LogP contribution in [0.5, 0.6) is 5.75 Å². The van der Waals surface area contributed by atoms with Crippen LogP contribution in [0.15, 0.2) is 50.2 Å². The molecule has 2 aromatic rings. The number of aromatic hydroxyl groups is 1. The molecule has 4 N–H and O–H groups in total. The summed E-state index contributed by atoms with van der Waals surface area (Å²) < 4.78 is 28.1. The Morgan fingerprint density at radius 3 is 2.45 bits per heavy atom. The van der Waals surface area contributed by atoms with Crippen LogP contribution in [-0.4, -0.2) is 13.5 Å². The third-order valence-electron chi connectivity index (χ3n) is 2.40. The van der Waals surface area contributed by atoms with Crippen molar-refractivity contribution >= 4 is 53.3 Å². The molecule has 0 saturated carbocycles. The number of nitrogen functional groups attached to an aromatic ring is 1. The fourth-order valence-electron chi connectivity index (χ4n) is 1.64. The van der Waals surface area contributed by atoms with Crippen LogP contribution in [0.1, 0.15) is 0 Å². The third kappa shape index (κ3) is 3.25. The van der Waals surface area contributed by atoms with Gasteiger partial charge in [0.25, 0.3) is 10.0 Å². The van der Waals surface area contributed by atoms with Gasteiger partial charge in [0.1, 0.15) is 10.6 Å². The Morgan fingerprint density at radius 1 is 1.15 bits per heavy atom. The highest BCUT2D eigenvalue weighted by Crippen LogP contribution is 2.33. The van der Waals surface area contributed by atoms with Gasteiger partial charge in [-0.3, -0.25) is 4.72 Å². The van der Waals surface area contributed by atoms with Crippen molar-refractivity contribution in [2.75, 3.05) is 10.5 Å². The lowest BCUT2D eigenvalue weighted by Gasteiger charge is -2.12. The number of hydrogen-bond donors (Lipinski definition) is 3. The van der Waals surface area contributed by atoms with Crippen molar-refractivity contribution in [2.24, 2.45) is 0 Å². The minimum atomic E-state index is -3.86. The SMILES string of the molecule is Nc1cc(Br)cc(Br)c1S(=O)(=O)Nc1cccc(O)c1. The lowest BCUT2D eigenvalue weighted by Crippen LogP contribution is -2.15. The molecule has 0 saturated heterocycles. The molecule has 0 amide bonds. The van der Waals surface area contributed by atoms with E-state index >= 15 is 0 Å². The number of phenols is 1. The zero-order valence-corrected chi connectivity index (χ0v) is 14.0. The predicted octanol–water partition coefficient (Wildman–Crippen LogP) is 3.30. The molecule has 0 aliphatic rings. The summed E-state index contributed by atoms with van der Waals surface area (Å²) in [5.41, 5.74) is 6.12. The standard InChI is InChI=1S/C12H10Br2N2O3S/c13-7-4-10(14)12(11(15)5-7)20(18,19)16-8-2-1-3-9(17)6-8/h1-6,16-17H,15H2. The maximum atomic E-state index is 12.3. The number of phenolic OH excluding ortho intramolecular Hbond substituents is 1. The van der Waals surface area contributed by atoms with Crippen molar-refractivity contribution in [3.8, 4) is 5.75 Å². The summed E-state index contributed by atoms with van der Waals surface area (Å²) in [6, 6.07) is 8.91. The van der Waals surface area contributed by atoms with Crippen LogP contribution in [0.3, 0.4) is 0 Å². The number of sulfonamides is 1. The van der Waals surface area contributed by atoms with E-state index in [0.717, 1.165) is 0 Å². The molecule has 0 radical (unpaired) electrons. The van der Waals surface area contributed by atoms with Crippen molar-refractivity contribution in [3.05, 3.63) is 45.3 Å². The first-order chi connectivity index (χ1) is 9.29. The topological polar surface area (TPSA) is 92.4 Å². The number of halogens is 2. The van der Waals surface area contributed by atoms with E-state index in [1.807, 2.05) is 0 Å². The van der Waals surface area contributed by atoms with E-state index in [1.165, 1.54) is 30.3 Å². The van der Waals surface area contributed by atoms with Crippen LogP contribution in [-0.2, 0) is 10.0 Å². The monoisotopic (exact) mass is 420 g/mol. The molecule has 5 nitrogen and oxygen atoms in total. The summed E-state index contributed by atoms with van der Waals surface area (Å²) in [5, 5.41) is 9.35. The van der Waals surface area contributed by atoms with Crippen molar-refractivity contribution in [1.29, 1.82) is 0 Å². The molecule has 2 aromatic carbocycles. The predicted molar refractivity (Wildman–Crippen MR) is 85.2 cm³/mol. The van der Waals surface area contributed by atoms with Gasteiger partial charge in [0.15, 0.2) is 0 Å². The van der Waals surface area contributed by atoms with Gasteiger partial charge in [-0.15, -0.1) is 0 Å². The highest BCUT2D eigenvalue weighted by Gasteiger charge is 2.21. The molecule has 0 spiro atoms. The highest BCUT2D eigenvalue weighted by atomic mass is 79.9. The molecule has 0 aromatic heterocycles. The highest BCUT2D eigenvalue weighted by molar-refractivity contribution is 9.11. The van der Waals surface area contributed by atoms with Gasteiger partial charge in [0.05, 0.1) is 11.4 Å². The molecule has 2 rings (SSSR count). The second-order valence-electron chi connectivity index (χ2n) is 3.96. The fourth-order valence-corrected chi connectivity index (χ4v) is 4.76. The summed E-state index contributed by atoms with van der Waals surface area (Å²) >= 11 is 6.41. The second kappa shape index (κ2) is 5.63. The molecule has 0 bridgehead atoms. The number of nitrogens with one attached hydrogen (secondary N) is 1. The first kappa shape index (κ1) is 15.1. The third-order valence-corrected chi connectivity index (χ3v) is 5.25. The van der Waals surface area contributed by atoms with E-state index in [4.69, 9.17) is 5.73 Å². The summed E-state index contributed by atoms with van der Waals surface area (Å²) in [4.78, 5) is -0.0518. The quantitative estimate of drug-likeness (QED) is 0.663. The van der Waals surface area contributed by atoms with Crippen LogP contribution < -0.4 is 10.5 Å². The van der Waals surface area contributed by atoms with Crippen LogP contribution in [0.25, 0.3) is 0 Å². The number of nitrogens with two attached hydrogens (primary N) is 1. The molecular formula is C12H10Br2N2O3S. The minimum Gasteiger partial charge on any atom is -0.508 e. The molecule has 0 unspecified atom stereocenters.